The van der Waals surface area contributed by atoms with Gasteiger partial charge in [0.15, 0.2) is 0 Å². The molecule has 104 valence electrons. The highest BCUT2D eigenvalue weighted by Crippen LogP contribution is 2.63. The molecule has 1 aromatic heterocycles. The molecule has 4 heteroatoms. The summed E-state index contributed by atoms with van der Waals surface area (Å²) < 4.78 is 0. The molecule has 1 unspecified atom stereocenters. The molecule has 4 nitrogen and oxygen atoms in total. The Balaban J connectivity index is 1.43. The zero-order chi connectivity index (χ0) is 13.7. The molecule has 2 aliphatic rings. The van der Waals surface area contributed by atoms with Gasteiger partial charge in [0, 0.05) is 11.3 Å². The lowest BCUT2D eigenvalue weighted by Gasteiger charge is -2.35. The first kappa shape index (κ1) is 11.9. The van der Waals surface area contributed by atoms with E-state index in [4.69, 9.17) is 0 Å². The molecule has 0 bridgehead atoms. The molecule has 2 aliphatic carbocycles. The summed E-state index contributed by atoms with van der Waals surface area (Å²) in [5.74, 6) is 0.472. The number of nitrogens with one attached hydrogen (secondary N) is 2. The first-order chi connectivity index (χ1) is 9.65. The molecular formula is C16H19N3O. The number of hydrogen-bond acceptors (Lipinski definition) is 2. The van der Waals surface area contributed by atoms with Gasteiger partial charge in [0.2, 0.25) is 5.91 Å². The van der Waals surface area contributed by atoms with Crippen molar-refractivity contribution < 1.29 is 4.79 Å². The van der Waals surface area contributed by atoms with Crippen LogP contribution in [0.4, 0.5) is 0 Å². The second kappa shape index (κ2) is 4.08. The third kappa shape index (κ3) is 1.90. The first-order valence-corrected chi connectivity index (χ1v) is 7.39. The van der Waals surface area contributed by atoms with Crippen LogP contribution >= 0.6 is 0 Å². The summed E-state index contributed by atoms with van der Waals surface area (Å²) in [5, 5.41) is 11.2. The quantitative estimate of drug-likeness (QED) is 0.900. The van der Waals surface area contributed by atoms with Crippen molar-refractivity contribution in [3.05, 3.63) is 30.0 Å². The average molecular weight is 269 g/mol. The van der Waals surface area contributed by atoms with Crippen molar-refractivity contribution in [2.75, 3.05) is 0 Å². The van der Waals surface area contributed by atoms with E-state index in [0.29, 0.717) is 5.41 Å². The lowest BCUT2D eigenvalue weighted by Crippen LogP contribution is -2.40. The van der Waals surface area contributed by atoms with Crippen molar-refractivity contribution in [1.82, 2.24) is 15.5 Å². The number of fused-ring (bicyclic) bond motifs is 1. The van der Waals surface area contributed by atoms with E-state index >= 15 is 0 Å². The maximum Gasteiger partial charge on any atom is 0.223 e. The highest BCUT2D eigenvalue weighted by molar-refractivity contribution is 5.81. The SMILES string of the molecule is CC(NC(=O)C1CC2(CC2)C1)c1ccc2[nH]ncc2c1. The Morgan fingerprint density at radius 1 is 1.45 bits per heavy atom. The number of rotatable bonds is 3. The summed E-state index contributed by atoms with van der Waals surface area (Å²) >= 11 is 0. The summed E-state index contributed by atoms with van der Waals surface area (Å²) in [6, 6.07) is 6.21. The Morgan fingerprint density at radius 2 is 2.25 bits per heavy atom. The molecule has 0 aliphatic heterocycles. The van der Waals surface area contributed by atoms with Crippen LogP contribution in [0.1, 0.15) is 44.2 Å². The number of carbonyl (C=O) groups is 1. The van der Waals surface area contributed by atoms with Crippen LogP contribution in [-0.4, -0.2) is 16.1 Å². The zero-order valence-electron chi connectivity index (χ0n) is 11.6. The number of benzene rings is 1. The predicted molar refractivity (Wildman–Crippen MR) is 77.0 cm³/mol. The summed E-state index contributed by atoms with van der Waals surface area (Å²) in [5.41, 5.74) is 2.75. The number of H-pyrrole nitrogens is 1. The van der Waals surface area contributed by atoms with Gasteiger partial charge in [-0.3, -0.25) is 9.89 Å². The standard InChI is InChI=1S/C16H19N3O/c1-10(11-2-3-14-12(6-11)9-17-19-14)18-15(20)13-7-16(8-13)4-5-16/h2-3,6,9-10,13H,4-5,7-8H2,1H3,(H,17,19)(H,18,20). The third-order valence-corrected chi connectivity index (χ3v) is 5.01. The van der Waals surface area contributed by atoms with Crippen LogP contribution in [0.5, 0.6) is 0 Å². The van der Waals surface area contributed by atoms with Gasteiger partial charge >= 0.3 is 0 Å². The van der Waals surface area contributed by atoms with Gasteiger partial charge in [-0.15, -0.1) is 0 Å². The van der Waals surface area contributed by atoms with Gasteiger partial charge in [-0.25, -0.2) is 0 Å². The van der Waals surface area contributed by atoms with E-state index in [1.54, 1.807) is 0 Å². The second-order valence-corrected chi connectivity index (χ2v) is 6.55. The molecule has 2 N–H and O–H groups in total. The maximum atomic E-state index is 12.2. The lowest BCUT2D eigenvalue weighted by molar-refractivity contribution is -0.130. The molecule has 0 saturated heterocycles. The summed E-state index contributed by atoms with van der Waals surface area (Å²) in [4.78, 5) is 12.2. The van der Waals surface area contributed by atoms with Crippen molar-refractivity contribution >= 4 is 16.8 Å². The van der Waals surface area contributed by atoms with E-state index in [0.717, 1.165) is 29.3 Å². The molecule has 20 heavy (non-hydrogen) atoms. The molecule has 4 rings (SSSR count). The normalized spacial score (nSPS) is 21.6. The Bertz CT molecular complexity index is 663. The van der Waals surface area contributed by atoms with Gasteiger partial charge in [-0.05, 0) is 55.7 Å². The van der Waals surface area contributed by atoms with Crippen molar-refractivity contribution in [3.63, 3.8) is 0 Å². The summed E-state index contributed by atoms with van der Waals surface area (Å²) in [6.45, 7) is 2.05. The van der Waals surface area contributed by atoms with Crippen molar-refractivity contribution in [3.8, 4) is 0 Å². The fraction of sp³-hybridized carbons (Fsp3) is 0.500. The van der Waals surface area contributed by atoms with Gasteiger partial charge in [0.1, 0.15) is 0 Å². The van der Waals surface area contributed by atoms with Gasteiger partial charge < -0.3 is 5.32 Å². The minimum Gasteiger partial charge on any atom is -0.349 e. The Kier molecular flexibility index (Phi) is 2.43. The molecule has 1 spiro atoms. The van der Waals surface area contributed by atoms with Crippen molar-refractivity contribution in [2.24, 2.45) is 11.3 Å². The van der Waals surface area contributed by atoms with E-state index < -0.39 is 0 Å². The highest BCUT2D eigenvalue weighted by atomic mass is 16.2. The molecule has 2 aromatic rings. The zero-order valence-corrected chi connectivity index (χ0v) is 11.6. The second-order valence-electron chi connectivity index (χ2n) is 6.55. The summed E-state index contributed by atoms with van der Waals surface area (Å²) in [6.07, 6.45) is 6.70. The number of nitrogens with zero attached hydrogens (tertiary/aromatic N) is 1. The van der Waals surface area contributed by atoms with E-state index in [1.165, 1.54) is 12.8 Å². The molecule has 1 heterocycles. The fourth-order valence-corrected chi connectivity index (χ4v) is 3.40. The fourth-order valence-electron chi connectivity index (χ4n) is 3.40. The van der Waals surface area contributed by atoms with Crippen LogP contribution in [0.25, 0.3) is 10.9 Å². The monoisotopic (exact) mass is 269 g/mol. The molecule has 1 aromatic carbocycles. The van der Waals surface area contributed by atoms with Gasteiger partial charge in [-0.1, -0.05) is 6.07 Å². The Morgan fingerprint density at radius 3 is 3.00 bits per heavy atom. The number of carbonyl (C=O) groups excluding carboxylic acids is 1. The van der Waals surface area contributed by atoms with Crippen LogP contribution in [0.3, 0.4) is 0 Å². The van der Waals surface area contributed by atoms with Gasteiger partial charge in [0.25, 0.3) is 0 Å². The maximum absolute atomic E-state index is 12.2. The van der Waals surface area contributed by atoms with Crippen LogP contribution in [0, 0.1) is 11.3 Å². The topological polar surface area (TPSA) is 57.8 Å². The van der Waals surface area contributed by atoms with Crippen LogP contribution in [0.2, 0.25) is 0 Å². The smallest absolute Gasteiger partial charge is 0.223 e. The first-order valence-electron chi connectivity index (χ1n) is 7.39. The van der Waals surface area contributed by atoms with Crippen LogP contribution in [0.15, 0.2) is 24.4 Å². The summed E-state index contributed by atoms with van der Waals surface area (Å²) in [7, 11) is 0. The predicted octanol–water partition coefficient (Wildman–Crippen LogP) is 2.93. The molecule has 0 radical (unpaired) electrons. The molecule has 1 atom stereocenters. The lowest BCUT2D eigenvalue weighted by atomic mass is 9.71. The van der Waals surface area contributed by atoms with E-state index in [2.05, 4.69) is 27.6 Å². The molecule has 2 fully saturated rings. The molecule has 1 amide bonds. The minimum atomic E-state index is 0.0533. The van der Waals surface area contributed by atoms with E-state index in [1.807, 2.05) is 19.2 Å². The van der Waals surface area contributed by atoms with Gasteiger partial charge in [-0.2, -0.15) is 5.10 Å². The van der Waals surface area contributed by atoms with Crippen molar-refractivity contribution in [1.29, 1.82) is 0 Å². The van der Waals surface area contributed by atoms with Crippen LogP contribution in [-0.2, 0) is 4.79 Å². The highest BCUT2D eigenvalue weighted by Gasteiger charge is 2.54. The largest absolute Gasteiger partial charge is 0.349 e. The molecular weight excluding hydrogens is 250 g/mol. The van der Waals surface area contributed by atoms with Crippen molar-refractivity contribution in [2.45, 2.75) is 38.6 Å². The molecule has 2 saturated carbocycles. The van der Waals surface area contributed by atoms with E-state index in [-0.39, 0.29) is 17.9 Å². The average Bonchev–Trinajstić information content (AvgIpc) is 3.07. The number of aromatic nitrogens is 2. The Hall–Kier alpha value is -1.84. The van der Waals surface area contributed by atoms with Gasteiger partial charge in [0.05, 0.1) is 17.8 Å². The van der Waals surface area contributed by atoms with E-state index in [9.17, 15) is 4.79 Å². The Labute approximate surface area is 117 Å². The number of aromatic amines is 1. The number of hydrogen-bond donors (Lipinski definition) is 2. The minimum absolute atomic E-state index is 0.0533. The number of amides is 1. The van der Waals surface area contributed by atoms with Crippen LogP contribution < -0.4 is 5.32 Å². The third-order valence-electron chi connectivity index (χ3n) is 5.01.